The number of benzene rings is 4. The van der Waals surface area contributed by atoms with Crippen LogP contribution in [0.1, 0.15) is 75.4 Å². The Morgan fingerprint density at radius 2 is 1.27 bits per heavy atom. The third-order valence-corrected chi connectivity index (χ3v) is 12.1. The smallest absolute Gasteiger partial charge is 0.407 e. The molecule has 14 nitrogen and oxygen atoms in total. The van der Waals surface area contributed by atoms with Crippen LogP contribution in [0.2, 0.25) is 0 Å². The van der Waals surface area contributed by atoms with Crippen LogP contribution in [0.15, 0.2) is 103 Å². The highest BCUT2D eigenvalue weighted by Crippen LogP contribution is 2.37. The molecule has 2 aromatic heterocycles. The lowest BCUT2D eigenvalue weighted by atomic mass is 9.98. The number of aromatic nitrogens is 4. The van der Waals surface area contributed by atoms with Gasteiger partial charge in [-0.3, -0.25) is 9.59 Å². The fourth-order valence-corrected chi connectivity index (χ4v) is 8.76. The largest absolute Gasteiger partial charge is 0.453 e. The second-order valence-electron chi connectivity index (χ2n) is 16.6. The third kappa shape index (κ3) is 8.63. The number of rotatable bonds is 11. The van der Waals surface area contributed by atoms with E-state index in [4.69, 9.17) is 19.4 Å². The molecule has 0 aliphatic carbocycles. The predicted molar refractivity (Wildman–Crippen MR) is 235 cm³/mol. The van der Waals surface area contributed by atoms with E-state index in [0.717, 1.165) is 69.5 Å². The fourth-order valence-electron chi connectivity index (χ4n) is 8.76. The molecule has 2 aliphatic rings. The van der Waals surface area contributed by atoms with Crippen LogP contribution < -0.4 is 10.6 Å². The monoisotopic (exact) mass is 836 g/mol. The highest BCUT2D eigenvalue weighted by Gasteiger charge is 2.40. The molecule has 2 fully saturated rings. The minimum Gasteiger partial charge on any atom is -0.453 e. The van der Waals surface area contributed by atoms with Crippen molar-refractivity contribution in [1.29, 1.82) is 0 Å². The van der Waals surface area contributed by atoms with E-state index < -0.39 is 24.3 Å². The molecule has 6 aromatic rings. The van der Waals surface area contributed by atoms with Crippen LogP contribution >= 0.6 is 0 Å². The first-order valence-corrected chi connectivity index (χ1v) is 21.1. The van der Waals surface area contributed by atoms with Gasteiger partial charge in [-0.1, -0.05) is 99.6 Å². The molecule has 320 valence electrons. The van der Waals surface area contributed by atoms with Crippen LogP contribution in [0.3, 0.4) is 0 Å². The van der Waals surface area contributed by atoms with E-state index >= 15 is 0 Å². The molecule has 2 aliphatic heterocycles. The van der Waals surface area contributed by atoms with E-state index in [0.29, 0.717) is 24.5 Å². The molecular weight excluding hydrogens is 785 g/mol. The summed E-state index contributed by atoms with van der Waals surface area (Å²) < 4.78 is 9.63. The van der Waals surface area contributed by atoms with Crippen molar-refractivity contribution in [1.82, 2.24) is 40.4 Å². The maximum Gasteiger partial charge on any atom is 0.407 e. The van der Waals surface area contributed by atoms with Gasteiger partial charge in [0.2, 0.25) is 5.91 Å². The Bertz CT molecular complexity index is 2570. The molecule has 0 spiro atoms. The van der Waals surface area contributed by atoms with Crippen molar-refractivity contribution in [3.63, 3.8) is 0 Å². The summed E-state index contributed by atoms with van der Waals surface area (Å²) in [5.74, 6) is 1.23. The van der Waals surface area contributed by atoms with Gasteiger partial charge in [-0.05, 0) is 76.3 Å². The first-order chi connectivity index (χ1) is 30.0. The molecule has 0 radical (unpaired) electrons. The molecule has 62 heavy (non-hydrogen) atoms. The second-order valence-corrected chi connectivity index (χ2v) is 16.6. The molecule has 0 saturated carbocycles. The molecule has 4 N–H and O–H groups in total. The number of ether oxygens (including phenoxy) is 2. The van der Waals surface area contributed by atoms with E-state index in [9.17, 15) is 19.2 Å². The van der Waals surface area contributed by atoms with Crippen molar-refractivity contribution in [3.8, 4) is 33.6 Å². The Balaban J connectivity index is 0.948. The number of likely N-dealkylation sites (tertiary alicyclic amines) is 2. The van der Waals surface area contributed by atoms with Gasteiger partial charge in [0, 0.05) is 18.7 Å². The highest BCUT2D eigenvalue weighted by atomic mass is 16.5. The van der Waals surface area contributed by atoms with Gasteiger partial charge in [0.05, 0.1) is 50.1 Å². The number of nitrogens with one attached hydrogen (secondary N) is 4. The number of hydrogen-bond acceptors (Lipinski definition) is 8. The summed E-state index contributed by atoms with van der Waals surface area (Å²) in [6.45, 7) is 7.07. The van der Waals surface area contributed by atoms with Gasteiger partial charge >= 0.3 is 12.2 Å². The molecule has 0 bridgehead atoms. The number of aromatic amines is 2. The van der Waals surface area contributed by atoms with E-state index in [2.05, 4.69) is 88.2 Å². The number of imidazole rings is 2. The maximum absolute atomic E-state index is 13.9. The summed E-state index contributed by atoms with van der Waals surface area (Å²) >= 11 is 0. The third-order valence-electron chi connectivity index (χ3n) is 12.1. The molecular formula is C48H52N8O6. The van der Waals surface area contributed by atoms with Crippen molar-refractivity contribution in [2.24, 2.45) is 11.8 Å². The number of amides is 4. The normalized spacial score (nSPS) is 18.5. The Morgan fingerprint density at radius 1 is 0.694 bits per heavy atom. The number of carbonyl (C=O) groups is 4. The minimum absolute atomic E-state index is 0.117. The van der Waals surface area contributed by atoms with Gasteiger partial charge in [0.1, 0.15) is 23.7 Å². The molecule has 0 unspecified atom stereocenters. The van der Waals surface area contributed by atoms with Crippen molar-refractivity contribution >= 4 is 34.8 Å². The summed E-state index contributed by atoms with van der Waals surface area (Å²) in [4.78, 5) is 72.0. The first kappa shape index (κ1) is 41.8. The minimum atomic E-state index is -0.881. The number of hydrogen-bond donors (Lipinski definition) is 4. The first-order valence-electron chi connectivity index (χ1n) is 21.1. The average molecular weight is 837 g/mol. The molecule has 14 heteroatoms. The lowest BCUT2D eigenvalue weighted by Gasteiger charge is -2.30. The Labute approximate surface area is 360 Å². The van der Waals surface area contributed by atoms with Crippen molar-refractivity contribution in [2.45, 2.75) is 64.2 Å². The molecule has 4 amide bonds. The average Bonchev–Trinajstić information content (AvgIpc) is 4.14. The van der Waals surface area contributed by atoms with Crippen LogP contribution in [0.5, 0.6) is 0 Å². The number of alkyl carbamates (subject to hydrolysis) is 2. The van der Waals surface area contributed by atoms with E-state index in [-0.39, 0.29) is 35.7 Å². The topological polar surface area (TPSA) is 175 Å². The Hall–Kier alpha value is -6.96. The zero-order valence-electron chi connectivity index (χ0n) is 35.6. The summed E-state index contributed by atoms with van der Waals surface area (Å²) in [6, 6.07) is 28.2. The van der Waals surface area contributed by atoms with Crippen molar-refractivity contribution in [3.05, 3.63) is 121 Å². The van der Waals surface area contributed by atoms with Crippen LogP contribution in [0.4, 0.5) is 9.59 Å². The van der Waals surface area contributed by atoms with Crippen LogP contribution in [0, 0.1) is 11.8 Å². The van der Waals surface area contributed by atoms with Crippen molar-refractivity contribution < 1.29 is 28.7 Å². The quantitative estimate of drug-likeness (QED) is 0.101. The van der Waals surface area contributed by atoms with Gasteiger partial charge in [-0.15, -0.1) is 0 Å². The number of nitrogens with zero attached hydrogens (tertiary/aromatic N) is 4. The van der Waals surface area contributed by atoms with Gasteiger partial charge in [-0.2, -0.15) is 0 Å². The highest BCUT2D eigenvalue weighted by molar-refractivity contribution is 5.91. The Kier molecular flexibility index (Phi) is 12.1. The van der Waals surface area contributed by atoms with Crippen molar-refractivity contribution in [2.75, 3.05) is 27.3 Å². The van der Waals surface area contributed by atoms with E-state index in [1.807, 2.05) is 55.3 Å². The molecule has 5 atom stereocenters. The van der Waals surface area contributed by atoms with E-state index in [1.54, 1.807) is 11.1 Å². The standard InChI is InChI=1S/C48H52N8O6/c1-28(2)41(53-47(59)61-4)45(57)56-27-29(3)22-40(56)44-50-26-38(52-44)36-20-19-34-23-33(17-18-35(34)24-36)30-13-15-31(16-14-30)37-25-49-43(51-37)39-12-9-21-55(39)46(58)42(54-48(60)62-5)32-10-7-6-8-11-32/h6-8,10-11,13-20,23-26,28-29,39-42H,9,12,21-22,27H2,1-5H3,(H,49,51)(H,50,52)(H,53,59)(H,54,60)/t29-,39+,40+,41+,42-/m1/s1. The van der Waals surface area contributed by atoms with Gasteiger partial charge in [0.15, 0.2) is 0 Å². The zero-order valence-corrected chi connectivity index (χ0v) is 35.6. The SMILES string of the molecule is COC(=O)N[C@H](C(=O)N1C[C@H](C)C[C@H]1c1ncc(-c2ccc3cc(-c4ccc(-c5cnc([C@@H]6CCCN6C(=O)[C@H](NC(=O)OC)c6ccccc6)[nH]5)cc4)ccc3c2)[nH]1)C(C)C. The number of carbonyl (C=O) groups excluding carboxylic acids is 4. The van der Waals surface area contributed by atoms with E-state index in [1.165, 1.54) is 14.2 Å². The summed E-state index contributed by atoms with van der Waals surface area (Å²) in [6.07, 6.45) is 4.67. The predicted octanol–water partition coefficient (Wildman–Crippen LogP) is 8.34. The van der Waals surface area contributed by atoms with Crippen LogP contribution in [0.25, 0.3) is 44.4 Å². The molecule has 4 heterocycles. The Morgan fingerprint density at radius 3 is 1.94 bits per heavy atom. The zero-order chi connectivity index (χ0) is 43.5. The number of fused-ring (bicyclic) bond motifs is 1. The summed E-state index contributed by atoms with van der Waals surface area (Å²) in [7, 11) is 2.58. The van der Waals surface area contributed by atoms with Crippen LogP contribution in [-0.4, -0.2) is 87.1 Å². The number of H-pyrrole nitrogens is 2. The van der Waals surface area contributed by atoms with Gasteiger partial charge in [-0.25, -0.2) is 19.6 Å². The lowest BCUT2D eigenvalue weighted by Crippen LogP contribution is -2.51. The van der Waals surface area contributed by atoms with Gasteiger partial charge in [0.25, 0.3) is 5.91 Å². The molecule has 8 rings (SSSR count). The number of methoxy groups -OCH3 is 2. The molecule has 4 aromatic carbocycles. The summed E-state index contributed by atoms with van der Waals surface area (Å²) in [5.41, 5.74) is 6.51. The maximum atomic E-state index is 13.9. The molecule has 2 saturated heterocycles. The van der Waals surface area contributed by atoms with Crippen LogP contribution in [-0.2, 0) is 19.1 Å². The lowest BCUT2D eigenvalue weighted by molar-refractivity contribution is -0.136. The van der Waals surface area contributed by atoms with Gasteiger partial charge < -0.3 is 39.9 Å². The second kappa shape index (κ2) is 17.9. The fraction of sp³-hybridized carbons (Fsp3) is 0.333. The summed E-state index contributed by atoms with van der Waals surface area (Å²) in [5, 5.41) is 7.62.